The number of nitrogens with zero attached hydrogens (tertiary/aromatic N) is 1. The second kappa shape index (κ2) is 11.5. The summed E-state index contributed by atoms with van der Waals surface area (Å²) in [5.74, 6) is 0.843. The van der Waals surface area contributed by atoms with Gasteiger partial charge in [-0.25, -0.2) is 0 Å². The van der Waals surface area contributed by atoms with Crippen molar-refractivity contribution in [2.45, 2.75) is 64.9 Å². The van der Waals surface area contributed by atoms with Gasteiger partial charge >= 0.3 is 0 Å². The molecule has 5 nitrogen and oxygen atoms in total. The Balaban J connectivity index is 0.00000484. The first-order chi connectivity index (χ1) is 10.5. The van der Waals surface area contributed by atoms with Crippen LogP contribution in [0, 0.1) is 5.41 Å². The van der Waals surface area contributed by atoms with Crippen molar-refractivity contribution < 1.29 is 9.84 Å². The molecule has 0 saturated heterocycles. The molecular weight excluding hydrogens is 405 g/mol. The summed E-state index contributed by atoms with van der Waals surface area (Å²) in [4.78, 5) is 4.64. The highest BCUT2D eigenvalue weighted by molar-refractivity contribution is 14.0. The molecule has 0 amide bonds. The van der Waals surface area contributed by atoms with Gasteiger partial charge in [-0.2, -0.15) is 0 Å². The molecule has 0 aromatic heterocycles. The predicted octanol–water partition coefficient (Wildman–Crippen LogP) is 2.92. The molecule has 0 heterocycles. The zero-order chi connectivity index (χ0) is 16.5. The van der Waals surface area contributed by atoms with E-state index in [4.69, 9.17) is 4.74 Å². The minimum Gasteiger partial charge on any atom is -0.396 e. The summed E-state index contributed by atoms with van der Waals surface area (Å²) in [5.41, 5.74) is -0.0318. The van der Waals surface area contributed by atoms with Crippen molar-refractivity contribution in [3.05, 3.63) is 0 Å². The molecule has 138 valence electrons. The molecule has 0 aromatic carbocycles. The van der Waals surface area contributed by atoms with Gasteiger partial charge in [0.25, 0.3) is 0 Å². The van der Waals surface area contributed by atoms with E-state index in [2.05, 4.69) is 22.5 Å². The van der Waals surface area contributed by atoms with Crippen molar-refractivity contribution in [3.63, 3.8) is 0 Å². The third kappa shape index (κ3) is 8.54. The molecule has 23 heavy (non-hydrogen) atoms. The maximum Gasteiger partial charge on any atom is 0.191 e. The number of nitrogens with one attached hydrogen (secondary N) is 2. The fourth-order valence-electron chi connectivity index (χ4n) is 3.00. The van der Waals surface area contributed by atoms with E-state index < -0.39 is 0 Å². The predicted molar refractivity (Wildman–Crippen MR) is 108 cm³/mol. The molecule has 1 rings (SSSR count). The van der Waals surface area contributed by atoms with Gasteiger partial charge in [0.05, 0.1) is 12.1 Å². The first-order valence-corrected chi connectivity index (χ1v) is 8.65. The van der Waals surface area contributed by atoms with E-state index in [0.29, 0.717) is 6.54 Å². The van der Waals surface area contributed by atoms with Gasteiger partial charge < -0.3 is 20.5 Å². The number of rotatable bonds is 8. The minimum atomic E-state index is -0.254. The summed E-state index contributed by atoms with van der Waals surface area (Å²) >= 11 is 0. The van der Waals surface area contributed by atoms with E-state index in [1.807, 2.05) is 13.8 Å². The summed E-state index contributed by atoms with van der Waals surface area (Å²) in [6.45, 7) is 8.75. The van der Waals surface area contributed by atoms with Crippen molar-refractivity contribution in [1.29, 1.82) is 0 Å². The fourth-order valence-corrected chi connectivity index (χ4v) is 3.00. The summed E-state index contributed by atoms with van der Waals surface area (Å²) in [6, 6.07) is 0. The number of guanidine groups is 1. The zero-order valence-corrected chi connectivity index (χ0v) is 17.6. The van der Waals surface area contributed by atoms with E-state index in [1.54, 1.807) is 7.11 Å². The molecule has 1 fully saturated rings. The molecule has 0 unspecified atom stereocenters. The first kappa shape index (κ1) is 22.9. The third-order valence-electron chi connectivity index (χ3n) is 4.70. The Bertz CT molecular complexity index is 337. The summed E-state index contributed by atoms with van der Waals surface area (Å²) in [5, 5.41) is 16.2. The van der Waals surface area contributed by atoms with Crippen LogP contribution in [0.25, 0.3) is 0 Å². The maximum absolute atomic E-state index is 9.40. The second-order valence-electron chi connectivity index (χ2n) is 7.05. The van der Waals surface area contributed by atoms with Gasteiger partial charge in [0.1, 0.15) is 0 Å². The highest BCUT2D eigenvalue weighted by Crippen LogP contribution is 2.38. The Morgan fingerprint density at radius 1 is 1.22 bits per heavy atom. The lowest BCUT2D eigenvalue weighted by Gasteiger charge is -2.37. The number of halogens is 1. The number of hydrogen-bond donors (Lipinski definition) is 3. The van der Waals surface area contributed by atoms with Crippen LogP contribution in [0.4, 0.5) is 0 Å². The Morgan fingerprint density at radius 3 is 2.39 bits per heavy atom. The van der Waals surface area contributed by atoms with Crippen LogP contribution in [0.3, 0.4) is 0 Å². The Hall–Kier alpha value is -0.0800. The van der Waals surface area contributed by atoms with Crippen LogP contribution in [-0.4, -0.2) is 50.0 Å². The number of aliphatic hydroxyl groups is 1. The highest BCUT2D eigenvalue weighted by atomic mass is 127. The van der Waals surface area contributed by atoms with Gasteiger partial charge in [0, 0.05) is 26.8 Å². The molecule has 0 spiro atoms. The standard InChI is InChI=1S/C17H35N3O2.HI/c1-5-18-15(19-13-16(2,3)22-4)20-14-17(11-12-21)9-7-6-8-10-17;/h21H,5-14H2,1-4H3,(H2,18,19,20);1H. The molecule has 3 N–H and O–H groups in total. The molecule has 0 radical (unpaired) electrons. The summed E-state index contributed by atoms with van der Waals surface area (Å²) in [7, 11) is 1.72. The SMILES string of the molecule is CCNC(=NCC(C)(C)OC)NCC1(CCO)CCCCC1.I. The van der Waals surface area contributed by atoms with Gasteiger partial charge in [0.15, 0.2) is 5.96 Å². The second-order valence-corrected chi connectivity index (χ2v) is 7.05. The Kier molecular flexibility index (Phi) is 11.4. The monoisotopic (exact) mass is 441 g/mol. The lowest BCUT2D eigenvalue weighted by molar-refractivity contribution is 0.0310. The van der Waals surface area contributed by atoms with Gasteiger partial charge in [-0.05, 0) is 45.4 Å². The van der Waals surface area contributed by atoms with E-state index >= 15 is 0 Å². The van der Waals surface area contributed by atoms with Crippen molar-refractivity contribution in [2.75, 3.05) is 33.4 Å². The maximum atomic E-state index is 9.40. The van der Waals surface area contributed by atoms with Crippen LogP contribution in [0.5, 0.6) is 0 Å². The van der Waals surface area contributed by atoms with Crippen molar-refractivity contribution in [1.82, 2.24) is 10.6 Å². The first-order valence-electron chi connectivity index (χ1n) is 8.65. The van der Waals surface area contributed by atoms with Crippen LogP contribution >= 0.6 is 24.0 Å². The fraction of sp³-hybridized carbons (Fsp3) is 0.941. The van der Waals surface area contributed by atoms with E-state index in [0.717, 1.165) is 25.5 Å². The summed E-state index contributed by atoms with van der Waals surface area (Å²) < 4.78 is 5.42. The minimum absolute atomic E-state index is 0. The molecule has 0 atom stereocenters. The average molecular weight is 441 g/mol. The van der Waals surface area contributed by atoms with Crippen molar-refractivity contribution in [2.24, 2.45) is 10.4 Å². The largest absolute Gasteiger partial charge is 0.396 e. The van der Waals surface area contributed by atoms with Gasteiger partial charge in [-0.15, -0.1) is 24.0 Å². The molecule has 6 heteroatoms. The Morgan fingerprint density at radius 2 is 1.87 bits per heavy atom. The Labute approximate surface area is 159 Å². The summed E-state index contributed by atoms with van der Waals surface area (Å²) in [6.07, 6.45) is 7.14. The van der Waals surface area contributed by atoms with Crippen LogP contribution < -0.4 is 10.6 Å². The number of hydrogen-bond acceptors (Lipinski definition) is 3. The number of aliphatic hydroxyl groups excluding tert-OH is 1. The topological polar surface area (TPSA) is 65.9 Å². The van der Waals surface area contributed by atoms with Crippen LogP contribution in [0.2, 0.25) is 0 Å². The lowest BCUT2D eigenvalue weighted by Crippen LogP contribution is -2.45. The zero-order valence-electron chi connectivity index (χ0n) is 15.3. The molecule has 1 saturated carbocycles. The van der Waals surface area contributed by atoms with E-state index in [1.165, 1.54) is 32.1 Å². The molecule has 0 aromatic rings. The van der Waals surface area contributed by atoms with Crippen LogP contribution in [0.15, 0.2) is 4.99 Å². The van der Waals surface area contributed by atoms with Gasteiger partial charge in [0.2, 0.25) is 0 Å². The third-order valence-corrected chi connectivity index (χ3v) is 4.70. The van der Waals surface area contributed by atoms with Crippen LogP contribution in [0.1, 0.15) is 59.3 Å². The lowest BCUT2D eigenvalue weighted by atomic mass is 9.72. The normalized spacial score (nSPS) is 18.2. The molecular formula is C17H36IN3O2. The van der Waals surface area contributed by atoms with E-state index in [-0.39, 0.29) is 41.6 Å². The van der Waals surface area contributed by atoms with Crippen molar-refractivity contribution >= 4 is 29.9 Å². The quantitative estimate of drug-likeness (QED) is 0.308. The number of ether oxygens (including phenoxy) is 1. The molecule has 1 aliphatic rings. The van der Waals surface area contributed by atoms with Gasteiger partial charge in [-0.1, -0.05) is 19.3 Å². The number of methoxy groups -OCH3 is 1. The van der Waals surface area contributed by atoms with Crippen LogP contribution in [-0.2, 0) is 4.74 Å². The number of aliphatic imine (C=N–C) groups is 1. The molecule has 1 aliphatic carbocycles. The van der Waals surface area contributed by atoms with Crippen molar-refractivity contribution in [3.8, 4) is 0 Å². The van der Waals surface area contributed by atoms with Gasteiger partial charge in [-0.3, -0.25) is 4.99 Å². The highest BCUT2D eigenvalue weighted by Gasteiger charge is 2.31. The molecule has 0 bridgehead atoms. The average Bonchev–Trinajstić information content (AvgIpc) is 2.51. The van der Waals surface area contributed by atoms with E-state index in [9.17, 15) is 5.11 Å². The smallest absolute Gasteiger partial charge is 0.191 e. The molecule has 0 aliphatic heterocycles.